The molecule has 1 aliphatic heterocycles. The Balaban J connectivity index is 1.55. The van der Waals surface area contributed by atoms with Crippen LogP contribution in [0.15, 0.2) is 46.1 Å². The molecule has 3 rings (SSSR count). The summed E-state index contributed by atoms with van der Waals surface area (Å²) in [7, 11) is 0. The molecule has 0 unspecified atom stereocenters. The van der Waals surface area contributed by atoms with E-state index in [9.17, 15) is 9.59 Å². The number of hydrogen-bond donors (Lipinski definition) is 0. The third-order valence-corrected chi connectivity index (χ3v) is 5.98. The summed E-state index contributed by atoms with van der Waals surface area (Å²) in [5.74, 6) is -0.0282. The molecule has 0 N–H and O–H groups in total. The van der Waals surface area contributed by atoms with Crippen LogP contribution in [0.2, 0.25) is 0 Å². The van der Waals surface area contributed by atoms with Gasteiger partial charge < -0.3 is 4.90 Å². The minimum absolute atomic E-state index is 0.0239. The molecule has 2 aromatic rings. The van der Waals surface area contributed by atoms with Gasteiger partial charge in [-0.15, -0.1) is 11.8 Å². The lowest BCUT2D eigenvalue weighted by Gasteiger charge is -2.32. The standard InChI is InChI=1S/C19H23N3O2S/c1-14-5-3-4-6-17(14)25-16-9-11-21(12-10-16)19(24)13-22-18(23)8-7-15(2)20-22/h3-8,16H,9-13H2,1-2H3. The Morgan fingerprint density at radius 1 is 1.16 bits per heavy atom. The Labute approximate surface area is 152 Å². The molecule has 1 aliphatic rings. The smallest absolute Gasteiger partial charge is 0.267 e. The van der Waals surface area contributed by atoms with Crippen molar-refractivity contribution in [1.29, 1.82) is 0 Å². The number of piperidine rings is 1. The molecule has 1 saturated heterocycles. The number of carbonyl (C=O) groups is 1. The maximum Gasteiger partial charge on any atom is 0.267 e. The van der Waals surface area contributed by atoms with E-state index in [-0.39, 0.29) is 18.0 Å². The van der Waals surface area contributed by atoms with Gasteiger partial charge in [0.25, 0.3) is 5.56 Å². The van der Waals surface area contributed by atoms with Crippen LogP contribution >= 0.6 is 11.8 Å². The van der Waals surface area contributed by atoms with Gasteiger partial charge in [0.05, 0.1) is 5.69 Å². The summed E-state index contributed by atoms with van der Waals surface area (Å²) < 4.78 is 1.26. The maximum atomic E-state index is 12.5. The molecule has 25 heavy (non-hydrogen) atoms. The third kappa shape index (κ3) is 4.51. The maximum absolute atomic E-state index is 12.5. The topological polar surface area (TPSA) is 55.2 Å². The lowest BCUT2D eigenvalue weighted by molar-refractivity contribution is -0.132. The van der Waals surface area contributed by atoms with Gasteiger partial charge in [-0.05, 0) is 44.4 Å². The zero-order valence-corrected chi connectivity index (χ0v) is 15.5. The number of carbonyl (C=O) groups excluding carboxylic acids is 1. The van der Waals surface area contributed by atoms with Gasteiger partial charge in [0.15, 0.2) is 0 Å². The minimum Gasteiger partial charge on any atom is -0.341 e. The first-order chi connectivity index (χ1) is 12.0. The largest absolute Gasteiger partial charge is 0.341 e. The molecule has 1 aromatic carbocycles. The van der Waals surface area contributed by atoms with Crippen LogP contribution in [0.25, 0.3) is 0 Å². The van der Waals surface area contributed by atoms with Crippen molar-refractivity contribution < 1.29 is 4.79 Å². The van der Waals surface area contributed by atoms with Crippen molar-refractivity contribution in [1.82, 2.24) is 14.7 Å². The lowest BCUT2D eigenvalue weighted by Crippen LogP contribution is -2.42. The van der Waals surface area contributed by atoms with Crippen molar-refractivity contribution in [3.05, 3.63) is 58.0 Å². The van der Waals surface area contributed by atoms with Gasteiger partial charge in [0.2, 0.25) is 5.91 Å². The van der Waals surface area contributed by atoms with Gasteiger partial charge >= 0.3 is 0 Å². The van der Waals surface area contributed by atoms with E-state index in [4.69, 9.17) is 0 Å². The first-order valence-electron chi connectivity index (χ1n) is 8.58. The number of benzene rings is 1. The quantitative estimate of drug-likeness (QED) is 0.844. The average Bonchev–Trinajstić information content (AvgIpc) is 2.61. The predicted octanol–water partition coefficient (Wildman–Crippen LogP) is 2.64. The Morgan fingerprint density at radius 2 is 1.88 bits per heavy atom. The SMILES string of the molecule is Cc1ccc(=O)n(CC(=O)N2CCC(Sc3ccccc3C)CC2)n1. The third-order valence-electron chi connectivity index (χ3n) is 4.47. The lowest BCUT2D eigenvalue weighted by atomic mass is 10.1. The van der Waals surface area contributed by atoms with Gasteiger partial charge in [-0.3, -0.25) is 9.59 Å². The number of amides is 1. The molecule has 6 heteroatoms. The van der Waals surface area contributed by atoms with Gasteiger partial charge in [0.1, 0.15) is 6.54 Å². The fraction of sp³-hybridized carbons (Fsp3) is 0.421. The highest BCUT2D eigenvalue weighted by molar-refractivity contribution is 8.00. The first-order valence-corrected chi connectivity index (χ1v) is 9.46. The molecule has 2 heterocycles. The number of aromatic nitrogens is 2. The Bertz CT molecular complexity index is 810. The number of thioether (sulfide) groups is 1. The summed E-state index contributed by atoms with van der Waals surface area (Å²) in [6.45, 7) is 5.45. The van der Waals surface area contributed by atoms with Gasteiger partial charge in [-0.2, -0.15) is 5.10 Å². The van der Waals surface area contributed by atoms with E-state index >= 15 is 0 Å². The van der Waals surface area contributed by atoms with Crippen molar-refractivity contribution in [3.63, 3.8) is 0 Å². The molecule has 0 bridgehead atoms. The van der Waals surface area contributed by atoms with Crippen LogP contribution in [-0.2, 0) is 11.3 Å². The Hall–Kier alpha value is -2.08. The van der Waals surface area contributed by atoms with Crippen LogP contribution in [0.1, 0.15) is 24.1 Å². The number of rotatable bonds is 4. The second-order valence-electron chi connectivity index (χ2n) is 6.43. The van der Waals surface area contributed by atoms with Crippen molar-refractivity contribution >= 4 is 17.7 Å². The van der Waals surface area contributed by atoms with E-state index in [2.05, 4.69) is 36.3 Å². The van der Waals surface area contributed by atoms with E-state index in [0.717, 1.165) is 31.6 Å². The summed E-state index contributed by atoms with van der Waals surface area (Å²) in [6, 6.07) is 11.5. The zero-order chi connectivity index (χ0) is 17.8. The summed E-state index contributed by atoms with van der Waals surface area (Å²) >= 11 is 1.91. The second kappa shape index (κ2) is 7.87. The zero-order valence-electron chi connectivity index (χ0n) is 14.6. The molecule has 1 fully saturated rings. The molecule has 0 aliphatic carbocycles. The van der Waals surface area contributed by atoms with Crippen molar-refractivity contribution in [2.24, 2.45) is 0 Å². The molecule has 0 radical (unpaired) electrons. The van der Waals surface area contributed by atoms with Crippen molar-refractivity contribution in [2.75, 3.05) is 13.1 Å². The van der Waals surface area contributed by atoms with Gasteiger partial charge in [-0.25, -0.2) is 4.68 Å². The molecule has 132 valence electrons. The Kier molecular flexibility index (Phi) is 5.58. The second-order valence-corrected chi connectivity index (χ2v) is 7.78. The summed E-state index contributed by atoms with van der Waals surface area (Å²) in [5, 5.41) is 4.67. The van der Waals surface area contributed by atoms with Crippen molar-refractivity contribution in [3.8, 4) is 0 Å². The molecule has 1 aromatic heterocycles. The van der Waals surface area contributed by atoms with Crippen molar-refractivity contribution in [2.45, 2.75) is 43.4 Å². The van der Waals surface area contributed by atoms with E-state index < -0.39 is 0 Å². The van der Waals surface area contributed by atoms with E-state index in [1.54, 1.807) is 6.07 Å². The summed E-state index contributed by atoms with van der Waals surface area (Å²) in [5.41, 5.74) is 1.81. The first kappa shape index (κ1) is 17.7. The van der Waals surface area contributed by atoms with Crippen LogP contribution in [0.5, 0.6) is 0 Å². The van der Waals surface area contributed by atoms with E-state index in [0.29, 0.717) is 5.25 Å². The van der Waals surface area contributed by atoms with Crippen LogP contribution < -0.4 is 5.56 Å². The normalized spacial score (nSPS) is 15.4. The molecular formula is C19H23N3O2S. The fourth-order valence-electron chi connectivity index (χ4n) is 2.98. The number of likely N-dealkylation sites (tertiary alicyclic amines) is 1. The number of nitrogens with zero attached hydrogens (tertiary/aromatic N) is 3. The van der Waals surface area contributed by atoms with Gasteiger partial charge in [0, 0.05) is 29.3 Å². The highest BCUT2D eigenvalue weighted by Crippen LogP contribution is 2.32. The number of hydrogen-bond acceptors (Lipinski definition) is 4. The predicted molar refractivity (Wildman–Crippen MR) is 99.9 cm³/mol. The summed E-state index contributed by atoms with van der Waals surface area (Å²) in [4.78, 5) is 27.4. The number of aryl methyl sites for hydroxylation is 2. The highest BCUT2D eigenvalue weighted by Gasteiger charge is 2.24. The Morgan fingerprint density at radius 3 is 2.60 bits per heavy atom. The highest BCUT2D eigenvalue weighted by atomic mass is 32.2. The van der Waals surface area contributed by atoms with Gasteiger partial charge in [-0.1, -0.05) is 18.2 Å². The fourth-order valence-corrected chi connectivity index (χ4v) is 4.20. The summed E-state index contributed by atoms with van der Waals surface area (Å²) in [6.07, 6.45) is 1.95. The monoisotopic (exact) mass is 357 g/mol. The van der Waals surface area contributed by atoms with Crippen LogP contribution in [0, 0.1) is 13.8 Å². The van der Waals surface area contributed by atoms with E-state index in [1.807, 2.05) is 23.6 Å². The van der Waals surface area contributed by atoms with Crippen LogP contribution in [0.4, 0.5) is 0 Å². The molecular weight excluding hydrogens is 334 g/mol. The minimum atomic E-state index is -0.232. The molecule has 0 saturated carbocycles. The molecule has 1 amide bonds. The van der Waals surface area contributed by atoms with Crippen LogP contribution in [-0.4, -0.2) is 38.9 Å². The average molecular weight is 357 g/mol. The molecule has 5 nitrogen and oxygen atoms in total. The van der Waals surface area contributed by atoms with E-state index in [1.165, 1.54) is 21.2 Å². The molecule has 0 atom stereocenters. The van der Waals surface area contributed by atoms with Crippen LogP contribution in [0.3, 0.4) is 0 Å². The molecule has 0 spiro atoms.